The molecule has 1 amide bonds. The van der Waals surface area contributed by atoms with Crippen molar-refractivity contribution in [3.63, 3.8) is 0 Å². The van der Waals surface area contributed by atoms with Gasteiger partial charge in [0.1, 0.15) is 5.75 Å². The van der Waals surface area contributed by atoms with Crippen molar-refractivity contribution in [3.8, 4) is 5.75 Å². The van der Waals surface area contributed by atoms with Crippen LogP contribution in [0, 0.1) is 13.8 Å². The number of ether oxygens (including phenoxy) is 1. The summed E-state index contributed by atoms with van der Waals surface area (Å²) in [6, 6.07) is 12.4. The number of nitrogens with one attached hydrogen (secondary N) is 1. The van der Waals surface area contributed by atoms with Crippen molar-refractivity contribution < 1.29 is 14.3 Å². The molecule has 0 fully saturated rings. The molecule has 0 saturated heterocycles. The summed E-state index contributed by atoms with van der Waals surface area (Å²) in [5.74, 6) is 0.261. The van der Waals surface area contributed by atoms with Gasteiger partial charge in [-0.05, 0) is 49.2 Å². The zero-order valence-corrected chi connectivity index (χ0v) is 16.7. The monoisotopic (exact) mass is 395 g/mol. The van der Waals surface area contributed by atoms with Crippen LogP contribution in [-0.4, -0.2) is 27.2 Å². The normalized spacial score (nSPS) is 10.5. The van der Waals surface area contributed by atoms with Crippen LogP contribution in [0.25, 0.3) is 0 Å². The van der Waals surface area contributed by atoms with Crippen LogP contribution in [0.1, 0.15) is 21.5 Å². The highest BCUT2D eigenvalue weighted by Gasteiger charge is 2.13. The fourth-order valence-electron chi connectivity index (χ4n) is 2.62. The summed E-state index contributed by atoms with van der Waals surface area (Å²) in [5, 5.41) is 3.59. The third-order valence-corrected chi connectivity index (χ3v) is 5.18. The van der Waals surface area contributed by atoms with Gasteiger partial charge in [-0.1, -0.05) is 30.0 Å². The molecule has 0 saturated carbocycles. The number of amides is 1. The molecule has 1 aromatic heterocycles. The number of benzene rings is 2. The van der Waals surface area contributed by atoms with Crippen LogP contribution >= 0.6 is 11.8 Å². The Hall–Kier alpha value is -3.06. The SMILES string of the molecule is Cc1cccc(C)c1OC(=O)c1ccc(NC(=O)CSc2nccn2C)cc1. The van der Waals surface area contributed by atoms with E-state index in [4.69, 9.17) is 4.74 Å². The minimum absolute atomic E-state index is 0.140. The molecule has 0 unspecified atom stereocenters. The number of aromatic nitrogens is 2. The number of anilines is 1. The summed E-state index contributed by atoms with van der Waals surface area (Å²) in [4.78, 5) is 28.7. The molecule has 2 aromatic carbocycles. The predicted octanol–water partition coefficient (Wildman–Crippen LogP) is 3.99. The van der Waals surface area contributed by atoms with Gasteiger partial charge in [0.15, 0.2) is 5.16 Å². The number of aryl methyl sites for hydroxylation is 3. The number of carbonyl (C=O) groups excluding carboxylic acids is 2. The summed E-state index contributed by atoms with van der Waals surface area (Å²) in [6.07, 6.45) is 3.52. The fraction of sp³-hybridized carbons (Fsp3) is 0.190. The highest BCUT2D eigenvalue weighted by atomic mass is 32.2. The van der Waals surface area contributed by atoms with Crippen molar-refractivity contribution >= 4 is 29.3 Å². The smallest absolute Gasteiger partial charge is 0.343 e. The Morgan fingerprint density at radius 3 is 2.39 bits per heavy atom. The molecular weight excluding hydrogens is 374 g/mol. The lowest BCUT2D eigenvalue weighted by atomic mass is 10.1. The first-order valence-corrected chi connectivity index (χ1v) is 9.71. The van der Waals surface area contributed by atoms with Crippen molar-refractivity contribution in [2.45, 2.75) is 19.0 Å². The van der Waals surface area contributed by atoms with Gasteiger partial charge >= 0.3 is 5.97 Å². The number of esters is 1. The van der Waals surface area contributed by atoms with Gasteiger partial charge in [-0.25, -0.2) is 9.78 Å². The minimum Gasteiger partial charge on any atom is -0.422 e. The topological polar surface area (TPSA) is 73.2 Å². The molecule has 3 rings (SSSR count). The number of carbonyl (C=O) groups is 2. The lowest BCUT2D eigenvalue weighted by Crippen LogP contribution is -2.15. The first kappa shape index (κ1) is 19.7. The Bertz CT molecular complexity index is 976. The Morgan fingerprint density at radius 2 is 1.79 bits per heavy atom. The third-order valence-electron chi connectivity index (χ3n) is 4.12. The van der Waals surface area contributed by atoms with E-state index in [2.05, 4.69) is 10.3 Å². The third kappa shape index (κ3) is 4.80. The maximum atomic E-state index is 12.4. The van der Waals surface area contributed by atoms with Gasteiger partial charge < -0.3 is 14.6 Å². The Kier molecular flexibility index (Phi) is 6.16. The summed E-state index contributed by atoms with van der Waals surface area (Å²) < 4.78 is 7.39. The number of thioether (sulfide) groups is 1. The van der Waals surface area contributed by atoms with Crippen molar-refractivity contribution in [1.29, 1.82) is 0 Å². The minimum atomic E-state index is -0.430. The van der Waals surface area contributed by atoms with Crippen LogP contribution in [0.15, 0.2) is 60.0 Å². The van der Waals surface area contributed by atoms with Crippen molar-refractivity contribution in [2.75, 3.05) is 11.1 Å². The lowest BCUT2D eigenvalue weighted by molar-refractivity contribution is -0.113. The van der Waals surface area contributed by atoms with E-state index in [1.165, 1.54) is 11.8 Å². The lowest BCUT2D eigenvalue weighted by Gasteiger charge is -2.10. The second kappa shape index (κ2) is 8.75. The standard InChI is InChI=1S/C21H21N3O3S/c1-14-5-4-6-15(2)19(14)27-20(26)16-7-9-17(10-8-16)23-18(25)13-28-21-22-11-12-24(21)3/h4-12H,13H2,1-3H3,(H,23,25). The molecule has 28 heavy (non-hydrogen) atoms. The van der Waals surface area contributed by atoms with Gasteiger partial charge in [0.2, 0.25) is 5.91 Å². The Labute approximate surface area is 167 Å². The molecule has 0 aliphatic heterocycles. The van der Waals surface area contributed by atoms with E-state index in [-0.39, 0.29) is 11.7 Å². The van der Waals surface area contributed by atoms with E-state index >= 15 is 0 Å². The van der Waals surface area contributed by atoms with E-state index in [1.807, 2.05) is 49.9 Å². The molecule has 0 bridgehead atoms. The molecule has 3 aromatic rings. The molecule has 0 spiro atoms. The summed E-state index contributed by atoms with van der Waals surface area (Å²) in [6.45, 7) is 3.80. The number of rotatable bonds is 6. The Morgan fingerprint density at radius 1 is 1.11 bits per heavy atom. The Balaban J connectivity index is 1.57. The number of hydrogen-bond acceptors (Lipinski definition) is 5. The second-order valence-corrected chi connectivity index (χ2v) is 7.29. The van der Waals surface area contributed by atoms with Gasteiger partial charge in [0, 0.05) is 25.1 Å². The van der Waals surface area contributed by atoms with Crippen molar-refractivity contribution in [3.05, 3.63) is 71.5 Å². The summed E-state index contributed by atoms with van der Waals surface area (Å²) in [7, 11) is 1.88. The average molecular weight is 395 g/mol. The van der Waals surface area contributed by atoms with Gasteiger partial charge in [-0.2, -0.15) is 0 Å². The number of para-hydroxylation sites is 1. The zero-order chi connectivity index (χ0) is 20.1. The first-order chi connectivity index (χ1) is 13.4. The largest absolute Gasteiger partial charge is 0.422 e. The van der Waals surface area contributed by atoms with Gasteiger partial charge in [0.25, 0.3) is 0 Å². The second-order valence-electron chi connectivity index (χ2n) is 6.35. The number of hydrogen-bond donors (Lipinski definition) is 1. The van der Waals surface area contributed by atoms with Gasteiger partial charge in [0.05, 0.1) is 11.3 Å². The molecule has 0 aliphatic carbocycles. The first-order valence-electron chi connectivity index (χ1n) is 8.72. The number of imidazole rings is 1. The molecule has 6 nitrogen and oxygen atoms in total. The average Bonchev–Trinajstić information content (AvgIpc) is 3.08. The maximum Gasteiger partial charge on any atom is 0.343 e. The van der Waals surface area contributed by atoms with E-state index in [9.17, 15) is 9.59 Å². The molecule has 144 valence electrons. The quantitative estimate of drug-likeness (QED) is 0.388. The summed E-state index contributed by atoms with van der Waals surface area (Å²) in [5.41, 5.74) is 2.85. The van der Waals surface area contributed by atoms with Crippen LogP contribution in [0.3, 0.4) is 0 Å². The molecule has 7 heteroatoms. The predicted molar refractivity (Wildman–Crippen MR) is 110 cm³/mol. The zero-order valence-electron chi connectivity index (χ0n) is 15.9. The van der Waals surface area contributed by atoms with Crippen LogP contribution in [-0.2, 0) is 11.8 Å². The maximum absolute atomic E-state index is 12.4. The van der Waals surface area contributed by atoms with E-state index in [0.717, 1.165) is 16.3 Å². The fourth-order valence-corrected chi connectivity index (χ4v) is 3.35. The summed E-state index contributed by atoms with van der Waals surface area (Å²) >= 11 is 1.36. The van der Waals surface area contributed by atoms with Crippen LogP contribution in [0.4, 0.5) is 5.69 Å². The highest BCUT2D eigenvalue weighted by Crippen LogP contribution is 2.24. The van der Waals surface area contributed by atoms with Crippen LogP contribution in [0.5, 0.6) is 5.75 Å². The molecule has 0 atom stereocenters. The molecule has 1 N–H and O–H groups in total. The van der Waals surface area contributed by atoms with Gasteiger partial charge in [-0.15, -0.1) is 0 Å². The van der Waals surface area contributed by atoms with E-state index in [0.29, 0.717) is 17.0 Å². The molecular formula is C21H21N3O3S. The van der Waals surface area contributed by atoms with Crippen LogP contribution < -0.4 is 10.1 Å². The molecule has 0 radical (unpaired) electrons. The molecule has 0 aliphatic rings. The highest BCUT2D eigenvalue weighted by molar-refractivity contribution is 7.99. The van der Waals surface area contributed by atoms with Crippen LogP contribution in [0.2, 0.25) is 0 Å². The van der Waals surface area contributed by atoms with Gasteiger partial charge in [-0.3, -0.25) is 4.79 Å². The number of nitrogens with zero attached hydrogens (tertiary/aromatic N) is 2. The van der Waals surface area contributed by atoms with E-state index in [1.54, 1.807) is 30.5 Å². The van der Waals surface area contributed by atoms with Crippen molar-refractivity contribution in [1.82, 2.24) is 9.55 Å². The van der Waals surface area contributed by atoms with Crippen molar-refractivity contribution in [2.24, 2.45) is 7.05 Å². The molecule has 1 heterocycles. The van der Waals surface area contributed by atoms with E-state index < -0.39 is 5.97 Å².